The first-order valence-corrected chi connectivity index (χ1v) is 6.77. The van der Waals surface area contributed by atoms with Crippen LogP contribution < -0.4 is 5.32 Å². The predicted molar refractivity (Wildman–Crippen MR) is 72.5 cm³/mol. The molecule has 0 aromatic heterocycles. The van der Waals surface area contributed by atoms with E-state index in [1.54, 1.807) is 0 Å². The molecule has 4 heteroatoms. The molecule has 3 nitrogen and oxygen atoms in total. The minimum absolute atomic E-state index is 0. The van der Waals surface area contributed by atoms with Gasteiger partial charge in [0.1, 0.15) is 0 Å². The molecule has 1 saturated carbocycles. The molecule has 100 valence electrons. The van der Waals surface area contributed by atoms with Crippen molar-refractivity contribution in [2.75, 3.05) is 19.6 Å². The van der Waals surface area contributed by atoms with E-state index in [1.165, 1.54) is 32.1 Å². The van der Waals surface area contributed by atoms with E-state index in [0.29, 0.717) is 17.9 Å². The number of hydrogen-bond donors (Lipinski definition) is 1. The molecular formula is C13H25ClN2O. The van der Waals surface area contributed by atoms with Gasteiger partial charge in [0.25, 0.3) is 0 Å². The molecule has 1 heterocycles. The predicted octanol–water partition coefficient (Wildman–Crippen LogP) is 2.20. The Hall–Kier alpha value is -0.280. The second-order valence-corrected chi connectivity index (χ2v) is 5.35. The summed E-state index contributed by atoms with van der Waals surface area (Å²) in [6.07, 6.45) is 7.36. The van der Waals surface area contributed by atoms with Crippen molar-refractivity contribution in [3.05, 3.63) is 0 Å². The van der Waals surface area contributed by atoms with E-state index >= 15 is 0 Å². The van der Waals surface area contributed by atoms with Crippen molar-refractivity contribution in [2.45, 2.75) is 51.5 Å². The lowest BCUT2D eigenvalue weighted by atomic mass is 9.86. The van der Waals surface area contributed by atoms with Crippen LogP contribution in [0, 0.1) is 5.92 Å². The van der Waals surface area contributed by atoms with Gasteiger partial charge in [-0.15, -0.1) is 12.4 Å². The van der Waals surface area contributed by atoms with E-state index in [2.05, 4.69) is 17.1 Å². The van der Waals surface area contributed by atoms with Gasteiger partial charge in [-0.2, -0.15) is 0 Å². The Balaban J connectivity index is 0.00000144. The summed E-state index contributed by atoms with van der Waals surface area (Å²) in [7, 11) is 0. The highest BCUT2D eigenvalue weighted by molar-refractivity contribution is 5.85. The average molecular weight is 261 g/mol. The molecule has 2 fully saturated rings. The molecule has 1 saturated heterocycles. The van der Waals surface area contributed by atoms with Gasteiger partial charge in [-0.25, -0.2) is 0 Å². The maximum atomic E-state index is 12.2. The van der Waals surface area contributed by atoms with Crippen molar-refractivity contribution >= 4 is 18.3 Å². The van der Waals surface area contributed by atoms with Gasteiger partial charge in [-0.3, -0.25) is 4.79 Å². The Morgan fingerprint density at radius 3 is 2.65 bits per heavy atom. The van der Waals surface area contributed by atoms with Gasteiger partial charge in [-0.1, -0.05) is 19.3 Å². The molecule has 1 N–H and O–H groups in total. The number of nitrogens with zero attached hydrogens (tertiary/aromatic N) is 1. The van der Waals surface area contributed by atoms with E-state index in [-0.39, 0.29) is 12.4 Å². The quantitative estimate of drug-likeness (QED) is 0.826. The van der Waals surface area contributed by atoms with Gasteiger partial charge in [0.15, 0.2) is 0 Å². The Labute approximate surface area is 111 Å². The first-order valence-electron chi connectivity index (χ1n) is 6.77. The minimum atomic E-state index is 0. The van der Waals surface area contributed by atoms with Gasteiger partial charge < -0.3 is 10.2 Å². The zero-order valence-corrected chi connectivity index (χ0v) is 11.6. The molecule has 1 aliphatic carbocycles. The lowest BCUT2D eigenvalue weighted by molar-refractivity contribution is -0.135. The number of nitrogens with one attached hydrogen (secondary N) is 1. The van der Waals surface area contributed by atoms with Crippen LogP contribution in [0.15, 0.2) is 0 Å². The van der Waals surface area contributed by atoms with Crippen LogP contribution in [-0.2, 0) is 4.79 Å². The first-order chi connectivity index (χ1) is 7.77. The van der Waals surface area contributed by atoms with Crippen LogP contribution in [-0.4, -0.2) is 36.5 Å². The van der Waals surface area contributed by atoms with E-state index in [9.17, 15) is 4.79 Å². The summed E-state index contributed by atoms with van der Waals surface area (Å²) in [4.78, 5) is 14.2. The van der Waals surface area contributed by atoms with E-state index < -0.39 is 0 Å². The normalized spacial score (nSPS) is 26.4. The highest BCUT2D eigenvalue weighted by atomic mass is 35.5. The number of amides is 1. The first kappa shape index (κ1) is 14.8. The summed E-state index contributed by atoms with van der Waals surface area (Å²) in [6.45, 7) is 4.95. The third-order valence-corrected chi connectivity index (χ3v) is 4.01. The van der Waals surface area contributed by atoms with Crippen molar-refractivity contribution in [3.63, 3.8) is 0 Å². The Bertz CT molecular complexity index is 242. The van der Waals surface area contributed by atoms with Crippen molar-refractivity contribution in [3.8, 4) is 0 Å². The molecule has 1 amide bonds. The topological polar surface area (TPSA) is 32.3 Å². The Morgan fingerprint density at radius 2 is 2.00 bits per heavy atom. The second kappa shape index (κ2) is 7.22. The summed E-state index contributed by atoms with van der Waals surface area (Å²) in [5, 5.41) is 3.33. The lowest BCUT2D eigenvalue weighted by Gasteiger charge is -2.35. The highest BCUT2D eigenvalue weighted by Crippen LogP contribution is 2.27. The fourth-order valence-corrected chi connectivity index (χ4v) is 2.97. The molecule has 2 rings (SSSR count). The largest absolute Gasteiger partial charge is 0.337 e. The maximum absolute atomic E-state index is 12.2. The molecule has 1 aliphatic heterocycles. The summed E-state index contributed by atoms with van der Waals surface area (Å²) >= 11 is 0. The molecule has 0 aromatic rings. The number of hydrogen-bond acceptors (Lipinski definition) is 2. The van der Waals surface area contributed by atoms with Gasteiger partial charge in [0.2, 0.25) is 5.91 Å². The zero-order chi connectivity index (χ0) is 11.4. The third-order valence-electron chi connectivity index (χ3n) is 4.01. The van der Waals surface area contributed by atoms with Gasteiger partial charge in [-0.05, 0) is 25.7 Å². The summed E-state index contributed by atoms with van der Waals surface area (Å²) in [5.41, 5.74) is 0. The molecule has 0 unspecified atom stereocenters. The lowest BCUT2D eigenvalue weighted by Crippen LogP contribution is -2.52. The van der Waals surface area contributed by atoms with Gasteiger partial charge in [0.05, 0.1) is 0 Å². The number of carbonyl (C=O) groups is 1. The smallest absolute Gasteiger partial charge is 0.223 e. The summed E-state index contributed by atoms with van der Waals surface area (Å²) in [6, 6.07) is 0.379. The molecule has 0 spiro atoms. The van der Waals surface area contributed by atoms with Crippen LogP contribution in [0.5, 0.6) is 0 Å². The Kier molecular flexibility index (Phi) is 6.28. The van der Waals surface area contributed by atoms with E-state index in [0.717, 1.165) is 26.1 Å². The molecule has 2 aliphatic rings. The average Bonchev–Trinajstić information content (AvgIpc) is 2.31. The number of piperazine rings is 1. The van der Waals surface area contributed by atoms with Crippen LogP contribution in [0.1, 0.15) is 45.4 Å². The van der Waals surface area contributed by atoms with Crippen LogP contribution in [0.3, 0.4) is 0 Å². The maximum Gasteiger partial charge on any atom is 0.223 e. The van der Waals surface area contributed by atoms with E-state index in [1.807, 2.05) is 0 Å². The SMILES string of the molecule is C[C@@H]1CNCCN1C(=O)CC1CCCCC1.Cl. The highest BCUT2D eigenvalue weighted by Gasteiger charge is 2.25. The molecular weight excluding hydrogens is 236 g/mol. The second-order valence-electron chi connectivity index (χ2n) is 5.35. The molecule has 0 radical (unpaired) electrons. The number of halogens is 1. The van der Waals surface area contributed by atoms with Crippen LogP contribution >= 0.6 is 12.4 Å². The summed E-state index contributed by atoms with van der Waals surface area (Å²) in [5.74, 6) is 1.06. The van der Waals surface area contributed by atoms with E-state index in [4.69, 9.17) is 0 Å². The Morgan fingerprint density at radius 1 is 1.29 bits per heavy atom. The number of rotatable bonds is 2. The molecule has 17 heavy (non-hydrogen) atoms. The van der Waals surface area contributed by atoms with Crippen molar-refractivity contribution < 1.29 is 4.79 Å². The molecule has 0 bridgehead atoms. The summed E-state index contributed by atoms with van der Waals surface area (Å²) < 4.78 is 0. The van der Waals surface area contributed by atoms with Crippen molar-refractivity contribution in [2.24, 2.45) is 5.92 Å². The van der Waals surface area contributed by atoms with Crippen LogP contribution in [0.25, 0.3) is 0 Å². The molecule has 0 aromatic carbocycles. The standard InChI is InChI=1S/C13H24N2O.ClH/c1-11-10-14-7-8-15(11)13(16)9-12-5-3-2-4-6-12;/h11-12,14H,2-10H2,1H3;1H/t11-;/m1./s1. The van der Waals surface area contributed by atoms with Crippen LogP contribution in [0.2, 0.25) is 0 Å². The minimum Gasteiger partial charge on any atom is -0.337 e. The van der Waals surface area contributed by atoms with Gasteiger partial charge >= 0.3 is 0 Å². The molecule has 1 atom stereocenters. The van der Waals surface area contributed by atoms with Crippen molar-refractivity contribution in [1.29, 1.82) is 0 Å². The van der Waals surface area contributed by atoms with Crippen LogP contribution in [0.4, 0.5) is 0 Å². The van der Waals surface area contributed by atoms with Crippen molar-refractivity contribution in [1.82, 2.24) is 10.2 Å². The third kappa shape index (κ3) is 4.14. The van der Waals surface area contributed by atoms with Gasteiger partial charge in [0, 0.05) is 32.1 Å². The monoisotopic (exact) mass is 260 g/mol. The fraction of sp³-hybridized carbons (Fsp3) is 0.923. The zero-order valence-electron chi connectivity index (χ0n) is 10.8. The number of carbonyl (C=O) groups excluding carboxylic acids is 1. The fourth-order valence-electron chi connectivity index (χ4n) is 2.97.